The van der Waals surface area contributed by atoms with Crippen LogP contribution in [0, 0.1) is 0 Å². The van der Waals surface area contributed by atoms with Crippen LogP contribution in [0.25, 0.3) is 0 Å². The van der Waals surface area contributed by atoms with Crippen LogP contribution in [0.4, 0.5) is 11.5 Å². The lowest BCUT2D eigenvalue weighted by atomic mass is 10.1. The van der Waals surface area contributed by atoms with Gasteiger partial charge in [0.25, 0.3) is 0 Å². The van der Waals surface area contributed by atoms with Crippen LogP contribution in [0.5, 0.6) is 11.8 Å². The normalized spacial score (nSPS) is 10.4. The lowest BCUT2D eigenvalue weighted by molar-refractivity contribution is 0.440. The molecular formula is C16H15N5O. The Morgan fingerprint density at radius 1 is 0.955 bits per heavy atom. The maximum absolute atomic E-state index is 5.74. The first kappa shape index (κ1) is 13.8. The zero-order chi connectivity index (χ0) is 15.4. The molecular weight excluding hydrogens is 278 g/mol. The van der Waals surface area contributed by atoms with E-state index in [1.807, 2.05) is 24.3 Å². The van der Waals surface area contributed by atoms with Crippen LogP contribution in [0.15, 0.2) is 55.0 Å². The zero-order valence-corrected chi connectivity index (χ0v) is 11.8. The molecule has 3 aromatic rings. The molecule has 0 spiro atoms. The Morgan fingerprint density at radius 3 is 2.64 bits per heavy atom. The maximum Gasteiger partial charge on any atom is 0.224 e. The minimum Gasteiger partial charge on any atom is -0.420 e. The van der Waals surface area contributed by atoms with Gasteiger partial charge in [-0.25, -0.2) is 15.0 Å². The molecule has 22 heavy (non-hydrogen) atoms. The van der Waals surface area contributed by atoms with E-state index >= 15 is 0 Å². The number of nitrogens with zero attached hydrogens (tertiary/aromatic N) is 3. The predicted octanol–water partition coefficient (Wildman–Crippen LogP) is 2.42. The van der Waals surface area contributed by atoms with Gasteiger partial charge in [-0.3, -0.25) is 0 Å². The van der Waals surface area contributed by atoms with Crippen molar-refractivity contribution in [3.8, 4) is 11.8 Å². The summed E-state index contributed by atoms with van der Waals surface area (Å²) in [5.74, 6) is 1.45. The number of ether oxygens (including phenoxy) is 1. The van der Waals surface area contributed by atoms with Gasteiger partial charge in [-0.15, -0.1) is 0 Å². The molecule has 0 aliphatic heterocycles. The summed E-state index contributed by atoms with van der Waals surface area (Å²) in [5, 5.41) is 0. The van der Waals surface area contributed by atoms with Crippen molar-refractivity contribution in [1.82, 2.24) is 15.0 Å². The molecule has 3 aromatic heterocycles. The van der Waals surface area contributed by atoms with Crippen molar-refractivity contribution < 1.29 is 4.74 Å². The monoisotopic (exact) mass is 293 g/mol. The van der Waals surface area contributed by atoms with E-state index < -0.39 is 0 Å². The molecule has 0 aliphatic carbocycles. The fraction of sp³-hybridized carbons (Fsp3) is 0.0625. The smallest absolute Gasteiger partial charge is 0.224 e. The topological polar surface area (TPSA) is 99.9 Å². The van der Waals surface area contributed by atoms with Crippen molar-refractivity contribution in [3.63, 3.8) is 0 Å². The summed E-state index contributed by atoms with van der Waals surface area (Å²) in [6, 6.07) is 11.0. The van der Waals surface area contributed by atoms with Crippen LogP contribution in [0.3, 0.4) is 0 Å². The van der Waals surface area contributed by atoms with Gasteiger partial charge < -0.3 is 16.2 Å². The Hall–Kier alpha value is -3.15. The molecule has 3 rings (SSSR count). The van der Waals surface area contributed by atoms with E-state index in [0.717, 1.165) is 11.1 Å². The maximum atomic E-state index is 5.74. The first-order valence-electron chi connectivity index (χ1n) is 6.74. The predicted molar refractivity (Wildman–Crippen MR) is 84.4 cm³/mol. The summed E-state index contributed by atoms with van der Waals surface area (Å²) < 4.78 is 5.74. The highest BCUT2D eigenvalue weighted by Gasteiger charge is 2.08. The molecule has 0 bridgehead atoms. The van der Waals surface area contributed by atoms with Crippen molar-refractivity contribution >= 4 is 11.5 Å². The van der Waals surface area contributed by atoms with Gasteiger partial charge >= 0.3 is 0 Å². The van der Waals surface area contributed by atoms with Gasteiger partial charge in [0.1, 0.15) is 5.82 Å². The Labute approximate surface area is 127 Å². The van der Waals surface area contributed by atoms with E-state index in [-0.39, 0.29) is 0 Å². The molecule has 0 aliphatic rings. The van der Waals surface area contributed by atoms with Crippen LogP contribution in [-0.4, -0.2) is 15.0 Å². The average molecular weight is 293 g/mol. The van der Waals surface area contributed by atoms with Gasteiger partial charge in [-0.2, -0.15) is 0 Å². The van der Waals surface area contributed by atoms with Crippen molar-refractivity contribution in [1.29, 1.82) is 0 Å². The van der Waals surface area contributed by atoms with E-state index in [2.05, 4.69) is 15.0 Å². The Morgan fingerprint density at radius 2 is 1.86 bits per heavy atom. The fourth-order valence-electron chi connectivity index (χ4n) is 2.03. The highest BCUT2D eigenvalue weighted by atomic mass is 16.5. The van der Waals surface area contributed by atoms with Crippen LogP contribution in [-0.2, 0) is 6.42 Å². The quantitative estimate of drug-likeness (QED) is 0.766. The molecule has 0 atom stereocenters. The standard InChI is InChI=1S/C16H15N5O/c17-13-3-4-15(21-10-13)22-16-12(2-1-6-20-16)8-11-5-7-19-14(18)9-11/h1-7,9-10H,8,17H2,(H2,18,19). The molecule has 6 heteroatoms. The van der Waals surface area contributed by atoms with E-state index in [4.69, 9.17) is 16.2 Å². The summed E-state index contributed by atoms with van der Waals surface area (Å²) >= 11 is 0. The summed E-state index contributed by atoms with van der Waals surface area (Å²) in [6.07, 6.45) is 5.55. The molecule has 0 radical (unpaired) electrons. The minimum atomic E-state index is 0.448. The molecule has 110 valence electrons. The molecule has 0 saturated heterocycles. The van der Waals surface area contributed by atoms with Crippen LogP contribution >= 0.6 is 0 Å². The Balaban J connectivity index is 1.85. The van der Waals surface area contributed by atoms with Gasteiger partial charge in [0.2, 0.25) is 11.8 Å². The second kappa shape index (κ2) is 6.09. The van der Waals surface area contributed by atoms with E-state index in [9.17, 15) is 0 Å². The second-order valence-corrected chi connectivity index (χ2v) is 4.77. The first-order valence-corrected chi connectivity index (χ1v) is 6.74. The minimum absolute atomic E-state index is 0.448. The molecule has 0 fully saturated rings. The molecule has 0 amide bonds. The number of hydrogen-bond acceptors (Lipinski definition) is 6. The zero-order valence-electron chi connectivity index (χ0n) is 11.8. The number of anilines is 2. The molecule has 4 N–H and O–H groups in total. The van der Waals surface area contributed by atoms with E-state index in [0.29, 0.717) is 29.7 Å². The first-order chi connectivity index (χ1) is 10.7. The van der Waals surface area contributed by atoms with Crippen LogP contribution in [0.1, 0.15) is 11.1 Å². The largest absolute Gasteiger partial charge is 0.420 e. The summed E-state index contributed by atoms with van der Waals surface area (Å²) in [4.78, 5) is 12.4. The number of rotatable bonds is 4. The third kappa shape index (κ3) is 3.29. The van der Waals surface area contributed by atoms with Crippen LogP contribution in [0.2, 0.25) is 0 Å². The summed E-state index contributed by atoms with van der Waals surface area (Å²) in [6.45, 7) is 0. The third-order valence-electron chi connectivity index (χ3n) is 3.05. The van der Waals surface area contributed by atoms with E-state index in [1.165, 1.54) is 0 Å². The highest BCUT2D eigenvalue weighted by Crippen LogP contribution is 2.24. The number of aromatic nitrogens is 3. The number of hydrogen-bond donors (Lipinski definition) is 2. The summed E-state index contributed by atoms with van der Waals surface area (Å²) in [5.41, 5.74) is 13.9. The Kier molecular flexibility index (Phi) is 3.82. The van der Waals surface area contributed by atoms with Gasteiger partial charge in [-0.1, -0.05) is 6.07 Å². The van der Waals surface area contributed by atoms with Gasteiger partial charge in [-0.05, 0) is 29.8 Å². The molecule has 3 heterocycles. The Bertz CT molecular complexity index is 773. The lowest BCUT2D eigenvalue weighted by Gasteiger charge is -2.09. The van der Waals surface area contributed by atoms with Crippen LogP contribution < -0.4 is 16.2 Å². The van der Waals surface area contributed by atoms with E-state index in [1.54, 1.807) is 30.7 Å². The average Bonchev–Trinajstić information content (AvgIpc) is 2.51. The molecule has 0 unspecified atom stereocenters. The van der Waals surface area contributed by atoms with Crippen molar-refractivity contribution in [2.45, 2.75) is 6.42 Å². The molecule has 6 nitrogen and oxygen atoms in total. The number of nitrogen functional groups attached to an aromatic ring is 2. The van der Waals surface area contributed by atoms with Crippen molar-refractivity contribution in [3.05, 3.63) is 66.1 Å². The number of nitrogens with two attached hydrogens (primary N) is 2. The fourth-order valence-corrected chi connectivity index (χ4v) is 2.03. The van der Waals surface area contributed by atoms with Gasteiger partial charge in [0, 0.05) is 30.4 Å². The highest BCUT2D eigenvalue weighted by molar-refractivity contribution is 5.40. The molecule has 0 aromatic carbocycles. The molecule has 0 saturated carbocycles. The van der Waals surface area contributed by atoms with Crippen molar-refractivity contribution in [2.24, 2.45) is 0 Å². The lowest BCUT2D eigenvalue weighted by Crippen LogP contribution is -1.98. The second-order valence-electron chi connectivity index (χ2n) is 4.77. The number of pyridine rings is 3. The van der Waals surface area contributed by atoms with Gasteiger partial charge in [0.05, 0.1) is 11.9 Å². The van der Waals surface area contributed by atoms with Crippen molar-refractivity contribution in [2.75, 3.05) is 11.5 Å². The van der Waals surface area contributed by atoms with Gasteiger partial charge in [0.15, 0.2) is 0 Å². The third-order valence-corrected chi connectivity index (χ3v) is 3.05. The summed E-state index contributed by atoms with van der Waals surface area (Å²) in [7, 11) is 0. The SMILES string of the molecule is Nc1ccc(Oc2ncccc2Cc2ccnc(N)c2)nc1.